The summed E-state index contributed by atoms with van der Waals surface area (Å²) in [5, 5.41) is 4.16. The van der Waals surface area contributed by atoms with Gasteiger partial charge in [0, 0.05) is 11.6 Å². The lowest BCUT2D eigenvalue weighted by Gasteiger charge is -2.14. The topological polar surface area (TPSA) is 58.2 Å². The number of halogens is 11. The molecule has 1 aliphatic rings. The number of nitrogens with one attached hydrogen (secondary N) is 2. The molecule has 2 atom stereocenters. The zero-order valence-corrected chi connectivity index (χ0v) is 21.6. The van der Waals surface area contributed by atoms with Crippen LogP contribution in [0.25, 0.3) is 0 Å². The van der Waals surface area contributed by atoms with E-state index in [9.17, 15) is 44.7 Å². The van der Waals surface area contributed by atoms with Gasteiger partial charge in [0.05, 0.1) is 27.6 Å². The Morgan fingerprint density at radius 1 is 0.800 bits per heavy atom. The molecule has 0 heterocycles. The van der Waals surface area contributed by atoms with Crippen LogP contribution in [0.3, 0.4) is 0 Å². The Kier molecular flexibility index (Phi) is 7.76. The van der Waals surface area contributed by atoms with Crippen LogP contribution in [0.15, 0.2) is 54.6 Å². The first kappa shape index (κ1) is 29.9. The van der Waals surface area contributed by atoms with Crippen molar-refractivity contribution in [3.8, 4) is 0 Å². The molecular weight excluding hydrogens is 619 g/mol. The molecule has 2 amide bonds. The van der Waals surface area contributed by atoms with Crippen LogP contribution in [0.5, 0.6) is 0 Å². The maximum absolute atomic E-state index is 13.9. The van der Waals surface area contributed by atoms with Gasteiger partial charge < -0.3 is 10.6 Å². The summed E-state index contributed by atoms with van der Waals surface area (Å²) in [7, 11) is 0. The van der Waals surface area contributed by atoms with Gasteiger partial charge >= 0.3 is 12.4 Å². The molecule has 0 unspecified atom stereocenters. The van der Waals surface area contributed by atoms with Crippen LogP contribution in [-0.4, -0.2) is 16.1 Å². The summed E-state index contributed by atoms with van der Waals surface area (Å²) < 4.78 is 105. The Balaban J connectivity index is 1.58. The number of anilines is 2. The fourth-order valence-corrected chi connectivity index (χ4v) is 5.05. The van der Waals surface area contributed by atoms with Crippen LogP contribution >= 0.6 is 34.8 Å². The lowest BCUT2D eigenvalue weighted by atomic mass is 10.0. The summed E-state index contributed by atoms with van der Waals surface area (Å²) in [6.07, 6.45) is -10.3. The normalized spacial score (nSPS) is 18.3. The molecule has 15 heteroatoms. The predicted molar refractivity (Wildman–Crippen MR) is 132 cm³/mol. The van der Waals surface area contributed by atoms with E-state index in [1.807, 2.05) is 5.32 Å². The quantitative estimate of drug-likeness (QED) is 0.219. The van der Waals surface area contributed by atoms with Crippen molar-refractivity contribution in [2.75, 3.05) is 10.6 Å². The minimum absolute atomic E-state index is 0.0709. The van der Waals surface area contributed by atoms with Crippen molar-refractivity contribution in [2.45, 2.75) is 22.6 Å². The monoisotopic (exact) mass is 630 g/mol. The van der Waals surface area contributed by atoms with E-state index in [1.165, 1.54) is 6.07 Å². The third kappa shape index (κ3) is 5.98. The van der Waals surface area contributed by atoms with Gasteiger partial charge in [0.15, 0.2) is 0 Å². The highest BCUT2D eigenvalue weighted by Crippen LogP contribution is 2.65. The van der Waals surface area contributed by atoms with E-state index < -0.39 is 74.3 Å². The van der Waals surface area contributed by atoms with Gasteiger partial charge in [0.2, 0.25) is 5.91 Å². The summed E-state index contributed by atoms with van der Waals surface area (Å²) in [6, 6.07) is 7.06. The van der Waals surface area contributed by atoms with Crippen molar-refractivity contribution < 1.29 is 44.7 Å². The van der Waals surface area contributed by atoms with E-state index in [0.717, 1.165) is 30.3 Å². The number of benzene rings is 3. The molecule has 0 spiro atoms. The second-order valence-corrected chi connectivity index (χ2v) is 10.6. The maximum atomic E-state index is 13.9. The van der Waals surface area contributed by atoms with Crippen LogP contribution < -0.4 is 10.6 Å². The fraction of sp³-hybridized carbons (Fsp3) is 0.200. The van der Waals surface area contributed by atoms with Gasteiger partial charge in [-0.25, -0.2) is 8.78 Å². The molecule has 1 saturated carbocycles. The Bertz CT molecular complexity index is 1460. The minimum Gasteiger partial charge on any atom is -0.326 e. The van der Waals surface area contributed by atoms with E-state index in [0.29, 0.717) is 12.1 Å². The van der Waals surface area contributed by atoms with Crippen molar-refractivity contribution in [1.29, 1.82) is 0 Å². The lowest BCUT2D eigenvalue weighted by molar-refractivity contribution is -0.143. The fourth-order valence-electron chi connectivity index (χ4n) is 4.02. The van der Waals surface area contributed by atoms with Crippen LogP contribution in [0.2, 0.25) is 5.02 Å². The number of rotatable bonds is 5. The molecule has 4 rings (SSSR count). The molecule has 2 N–H and O–H groups in total. The molecule has 0 aromatic heterocycles. The first-order valence-electron chi connectivity index (χ1n) is 10.9. The Morgan fingerprint density at radius 3 is 1.88 bits per heavy atom. The third-order valence-corrected chi connectivity index (χ3v) is 7.25. The highest BCUT2D eigenvalue weighted by atomic mass is 35.5. The number of carbonyl (C=O) groups excluding carboxylic acids is 2. The van der Waals surface area contributed by atoms with Gasteiger partial charge in [-0.1, -0.05) is 17.7 Å². The first-order chi connectivity index (χ1) is 18.4. The average Bonchev–Trinajstić information content (AvgIpc) is 3.43. The molecule has 1 fully saturated rings. The molecular formula is C25H13Cl3F8N2O2. The summed E-state index contributed by atoms with van der Waals surface area (Å²) in [5.74, 6) is -7.12. The standard InChI is InChI=1S/C25H13Cl3F8N2O2/c26-15-5-4-13(9-14(15)21(39)38-20-16(29)2-1-3-17(20)30)37-22(40)19-18(23(19,27)28)10-6-11(24(31,32)33)8-12(7-10)25(34,35)36/h1-9,18-19H,(H,37,40)(H,38,39)/t18-,19+/m0/s1. The van der Waals surface area contributed by atoms with Crippen molar-refractivity contribution >= 4 is 58.0 Å². The Morgan fingerprint density at radius 2 is 1.35 bits per heavy atom. The first-order valence-corrected chi connectivity index (χ1v) is 12.1. The van der Waals surface area contributed by atoms with Gasteiger partial charge in [0.25, 0.3) is 5.91 Å². The third-order valence-electron chi connectivity index (χ3n) is 5.98. The molecule has 0 bridgehead atoms. The number of amides is 2. The molecule has 3 aromatic rings. The number of alkyl halides is 8. The van der Waals surface area contributed by atoms with Gasteiger partial charge in [-0.05, 0) is 54.1 Å². The number of hydrogen-bond donors (Lipinski definition) is 2. The van der Waals surface area contributed by atoms with Gasteiger partial charge in [-0.15, -0.1) is 23.2 Å². The van der Waals surface area contributed by atoms with Gasteiger partial charge in [0.1, 0.15) is 21.7 Å². The molecule has 4 nitrogen and oxygen atoms in total. The van der Waals surface area contributed by atoms with Crippen LogP contribution in [0, 0.1) is 17.6 Å². The van der Waals surface area contributed by atoms with Crippen LogP contribution in [0.4, 0.5) is 46.5 Å². The highest BCUT2D eigenvalue weighted by Gasteiger charge is 2.68. The molecule has 40 heavy (non-hydrogen) atoms. The number of carbonyl (C=O) groups is 2. The molecule has 212 valence electrons. The van der Waals surface area contributed by atoms with E-state index in [4.69, 9.17) is 34.8 Å². The summed E-state index contributed by atoms with van der Waals surface area (Å²) in [5.41, 5.74) is -4.96. The van der Waals surface area contributed by atoms with E-state index >= 15 is 0 Å². The minimum atomic E-state index is -5.13. The Labute approximate surface area is 235 Å². The van der Waals surface area contributed by atoms with Crippen molar-refractivity contribution in [2.24, 2.45) is 5.92 Å². The molecule has 0 radical (unpaired) electrons. The SMILES string of the molecule is O=C(Nc1c(F)cccc1F)c1cc(NC(=O)[C@H]2[C@H](c3cc(C(F)(F)F)cc(C(F)(F)F)c3)C2(Cl)Cl)ccc1Cl. The summed E-state index contributed by atoms with van der Waals surface area (Å²) in [4.78, 5) is 25.5. The van der Waals surface area contributed by atoms with Crippen molar-refractivity contribution in [3.63, 3.8) is 0 Å². The average molecular weight is 632 g/mol. The smallest absolute Gasteiger partial charge is 0.326 e. The zero-order chi connectivity index (χ0) is 29.8. The molecule has 3 aromatic carbocycles. The summed E-state index contributed by atoms with van der Waals surface area (Å²) in [6.45, 7) is 0. The molecule has 0 saturated heterocycles. The Hall–Kier alpha value is -3.09. The van der Waals surface area contributed by atoms with Gasteiger partial charge in [-0.2, -0.15) is 26.3 Å². The molecule has 1 aliphatic carbocycles. The number of para-hydroxylation sites is 1. The van der Waals surface area contributed by atoms with E-state index in [-0.39, 0.29) is 22.3 Å². The van der Waals surface area contributed by atoms with Crippen molar-refractivity contribution in [3.05, 3.63) is 93.5 Å². The van der Waals surface area contributed by atoms with Crippen LogP contribution in [-0.2, 0) is 17.1 Å². The maximum Gasteiger partial charge on any atom is 0.416 e. The largest absolute Gasteiger partial charge is 0.416 e. The highest BCUT2D eigenvalue weighted by molar-refractivity contribution is 6.53. The second-order valence-electron chi connectivity index (χ2n) is 8.70. The summed E-state index contributed by atoms with van der Waals surface area (Å²) >= 11 is 18.2. The van der Waals surface area contributed by atoms with E-state index in [2.05, 4.69) is 5.32 Å². The van der Waals surface area contributed by atoms with Gasteiger partial charge in [-0.3, -0.25) is 9.59 Å². The second kappa shape index (κ2) is 10.4. The lowest BCUT2D eigenvalue weighted by Crippen LogP contribution is -2.19. The molecule has 0 aliphatic heterocycles. The van der Waals surface area contributed by atoms with Crippen LogP contribution in [0.1, 0.15) is 33.0 Å². The van der Waals surface area contributed by atoms with Crippen molar-refractivity contribution in [1.82, 2.24) is 0 Å². The number of hydrogen-bond acceptors (Lipinski definition) is 2. The zero-order valence-electron chi connectivity index (χ0n) is 19.3. The van der Waals surface area contributed by atoms with E-state index in [1.54, 1.807) is 0 Å². The predicted octanol–water partition coefficient (Wildman–Crippen LogP) is 8.43.